The first kappa shape index (κ1) is 34.7. The van der Waals surface area contributed by atoms with Gasteiger partial charge in [-0.3, -0.25) is 9.38 Å². The number of hydrogen-bond donors (Lipinski definition) is 1. The normalized spacial score (nSPS) is 12.3. The average molecular weight is 927 g/mol. The van der Waals surface area contributed by atoms with Crippen molar-refractivity contribution < 1.29 is 26.2 Å². The van der Waals surface area contributed by atoms with Crippen LogP contribution < -0.4 is 0 Å². The third-order valence-electron chi connectivity index (χ3n) is 12.0. The van der Waals surface area contributed by atoms with Crippen molar-refractivity contribution in [2.75, 3.05) is 0 Å². The molecule has 5 nitrogen and oxygen atoms in total. The number of para-hydroxylation sites is 4. The van der Waals surface area contributed by atoms with Crippen molar-refractivity contribution in [3.05, 3.63) is 163 Å². The van der Waals surface area contributed by atoms with E-state index < -0.39 is 0 Å². The Morgan fingerprint density at radius 2 is 1.16 bits per heavy atom. The maximum Gasteiger partial charge on any atom is 0.149 e. The van der Waals surface area contributed by atoms with E-state index in [4.69, 9.17) is 9.97 Å². The summed E-state index contributed by atoms with van der Waals surface area (Å²) in [5.74, 6) is 0.257. The van der Waals surface area contributed by atoms with Gasteiger partial charge < -0.3 is 9.51 Å². The molecule has 0 radical (unpaired) electrons. The maximum atomic E-state index is 12.7. The van der Waals surface area contributed by atoms with Crippen LogP contribution in [0.4, 0.5) is 0 Å². The second-order valence-corrected chi connectivity index (χ2v) is 16.3. The van der Waals surface area contributed by atoms with E-state index in [-0.39, 0.29) is 32.2 Å². The van der Waals surface area contributed by atoms with Gasteiger partial charge in [0.05, 0.1) is 43.9 Å². The van der Waals surface area contributed by atoms with Crippen molar-refractivity contribution in [1.29, 1.82) is 0 Å². The van der Waals surface area contributed by atoms with Crippen LogP contribution in [-0.4, -0.2) is 23.9 Å². The molecule has 0 aliphatic heterocycles. The largest absolute Gasteiger partial charge is 0.506 e. The molecule has 0 spiro atoms. The van der Waals surface area contributed by atoms with Crippen molar-refractivity contribution in [2.24, 2.45) is 0 Å². The number of nitrogens with zero attached hydrogens (tertiary/aromatic N) is 4. The number of phenols is 1. The first-order valence-corrected chi connectivity index (χ1v) is 19.5. The van der Waals surface area contributed by atoms with Crippen LogP contribution in [0.1, 0.15) is 26.3 Å². The molecule has 7 aromatic carbocycles. The first-order chi connectivity index (χ1) is 27.8. The Bertz CT molecular complexity index is 3630. The molecule has 0 aliphatic rings. The standard InChI is InChI=1S/C52H35N4O.Pt/c1-52(2,3)34-27-32(26-33(28-34)39-29-31(24-25-53-39)30-14-5-4-6-15-30)35-19-13-23-43-48(35)54-51-47-44(36-16-7-12-22-42(36)56(43)51)45-37-17-8-10-20-40(37)55-41-21-11-9-18-38(41)46(49(45)55)50(47)57;/h4-25,27-29,57H,1-3H3;/q-1;. The van der Waals surface area contributed by atoms with Crippen LogP contribution >= 0.6 is 0 Å². The predicted molar refractivity (Wildman–Crippen MR) is 236 cm³/mol. The van der Waals surface area contributed by atoms with Crippen LogP contribution in [0.5, 0.6) is 5.75 Å². The fraction of sp³-hybridized carbons (Fsp3) is 0.0769. The van der Waals surface area contributed by atoms with Gasteiger partial charge in [0.15, 0.2) is 0 Å². The van der Waals surface area contributed by atoms with Crippen molar-refractivity contribution in [2.45, 2.75) is 26.2 Å². The molecule has 0 saturated carbocycles. The zero-order chi connectivity index (χ0) is 38.2. The Balaban J connectivity index is 0.00000385. The Labute approximate surface area is 348 Å². The van der Waals surface area contributed by atoms with Crippen molar-refractivity contribution in [1.82, 2.24) is 18.8 Å². The minimum absolute atomic E-state index is 0. The monoisotopic (exact) mass is 926 g/mol. The van der Waals surface area contributed by atoms with Crippen molar-refractivity contribution in [3.8, 4) is 39.3 Å². The fourth-order valence-corrected chi connectivity index (χ4v) is 9.36. The van der Waals surface area contributed by atoms with Crippen LogP contribution in [0.15, 0.2) is 152 Å². The zero-order valence-corrected chi connectivity index (χ0v) is 34.3. The number of fused-ring (bicyclic) bond motifs is 15. The molecule has 0 amide bonds. The van der Waals surface area contributed by atoms with Gasteiger partial charge in [-0.1, -0.05) is 135 Å². The summed E-state index contributed by atoms with van der Waals surface area (Å²) in [6.45, 7) is 6.74. The number of imidazole rings is 1. The Hall–Kier alpha value is -6.55. The number of hydrogen-bond acceptors (Lipinski definition) is 3. The number of aromatic nitrogens is 4. The summed E-state index contributed by atoms with van der Waals surface area (Å²) >= 11 is 0. The molecule has 58 heavy (non-hydrogen) atoms. The summed E-state index contributed by atoms with van der Waals surface area (Å²) in [6.07, 6.45) is 1.89. The van der Waals surface area contributed by atoms with Gasteiger partial charge in [0.2, 0.25) is 0 Å². The zero-order valence-electron chi connectivity index (χ0n) is 32.0. The summed E-state index contributed by atoms with van der Waals surface area (Å²) < 4.78 is 4.57. The maximum absolute atomic E-state index is 12.7. The molecule has 1 N–H and O–H groups in total. The van der Waals surface area contributed by atoms with Crippen LogP contribution in [0.3, 0.4) is 0 Å². The molecule has 12 aromatic rings. The third-order valence-corrected chi connectivity index (χ3v) is 12.0. The molecule has 5 aromatic heterocycles. The first-order valence-electron chi connectivity index (χ1n) is 19.5. The summed E-state index contributed by atoms with van der Waals surface area (Å²) in [4.78, 5) is 10.4. The molecule has 0 aliphatic carbocycles. The molecular formula is C52H35N4OPt-. The molecular weight excluding hydrogens is 892 g/mol. The Morgan fingerprint density at radius 1 is 0.552 bits per heavy atom. The van der Waals surface area contributed by atoms with E-state index in [1.165, 1.54) is 5.56 Å². The van der Waals surface area contributed by atoms with E-state index in [1.807, 2.05) is 12.3 Å². The molecule has 12 rings (SSSR count). The minimum atomic E-state index is -0.135. The van der Waals surface area contributed by atoms with Gasteiger partial charge in [-0.05, 0) is 46.9 Å². The van der Waals surface area contributed by atoms with Gasteiger partial charge in [0.1, 0.15) is 11.4 Å². The van der Waals surface area contributed by atoms with E-state index >= 15 is 0 Å². The number of rotatable bonds is 3. The Kier molecular flexibility index (Phi) is 7.46. The van der Waals surface area contributed by atoms with E-state index in [1.54, 1.807) is 0 Å². The van der Waals surface area contributed by atoms with E-state index in [0.717, 1.165) is 110 Å². The molecule has 6 heteroatoms. The smallest absolute Gasteiger partial charge is 0.149 e. The summed E-state index contributed by atoms with van der Waals surface area (Å²) in [5, 5.41) is 19.8. The summed E-state index contributed by atoms with van der Waals surface area (Å²) in [7, 11) is 0. The van der Waals surface area contributed by atoms with Gasteiger partial charge in [-0.2, -0.15) is 0 Å². The molecule has 5 heterocycles. The van der Waals surface area contributed by atoms with Gasteiger partial charge in [-0.25, -0.2) is 4.98 Å². The van der Waals surface area contributed by atoms with Crippen LogP contribution in [-0.2, 0) is 26.5 Å². The predicted octanol–water partition coefficient (Wildman–Crippen LogP) is 13.1. The van der Waals surface area contributed by atoms with E-state index in [0.29, 0.717) is 0 Å². The number of benzene rings is 7. The quantitative estimate of drug-likeness (QED) is 0.142. The molecule has 0 fully saturated rings. The molecule has 0 unspecified atom stereocenters. The van der Waals surface area contributed by atoms with Crippen molar-refractivity contribution in [3.63, 3.8) is 0 Å². The average Bonchev–Trinajstić information content (AvgIpc) is 3.91. The van der Waals surface area contributed by atoms with Gasteiger partial charge in [-0.15, -0.1) is 29.3 Å². The topological polar surface area (TPSA) is 54.8 Å². The van der Waals surface area contributed by atoms with E-state index in [2.05, 4.69) is 175 Å². The SMILES string of the molecule is CC(C)(C)c1cc(-c2cc(-c3ccccc3)ccn2)[c-]c(-c2cccc3c2nc2c4c(O)c5c6ccccc6n6c7ccccc7c(c4c4ccccc4n32)c56)c1.[Pt]. The number of aromatic hydroxyl groups is 1. The summed E-state index contributed by atoms with van der Waals surface area (Å²) in [5.41, 5.74) is 13.9. The molecule has 0 bridgehead atoms. The number of pyridine rings is 2. The van der Waals surface area contributed by atoms with Crippen LogP contribution in [0.25, 0.3) is 110 Å². The van der Waals surface area contributed by atoms with Gasteiger partial charge >= 0.3 is 0 Å². The summed E-state index contributed by atoms with van der Waals surface area (Å²) in [6, 6.07) is 54.9. The second-order valence-electron chi connectivity index (χ2n) is 16.3. The Morgan fingerprint density at radius 3 is 1.86 bits per heavy atom. The van der Waals surface area contributed by atoms with Crippen molar-refractivity contribution >= 4 is 76.5 Å². The molecule has 0 saturated heterocycles. The molecule has 280 valence electrons. The van der Waals surface area contributed by atoms with Crippen LogP contribution in [0.2, 0.25) is 0 Å². The minimum Gasteiger partial charge on any atom is -0.506 e. The third kappa shape index (κ3) is 4.74. The van der Waals surface area contributed by atoms with Gasteiger partial charge in [0.25, 0.3) is 0 Å². The van der Waals surface area contributed by atoms with E-state index in [9.17, 15) is 5.11 Å². The van der Waals surface area contributed by atoms with Crippen LogP contribution in [0, 0.1) is 6.07 Å². The van der Waals surface area contributed by atoms with Gasteiger partial charge in [0, 0.05) is 59.9 Å². The number of phenolic OH excluding ortho intramolecular Hbond substituents is 1. The second kappa shape index (κ2) is 12.5. The molecule has 0 atom stereocenters. The fourth-order valence-electron chi connectivity index (χ4n) is 9.36.